The van der Waals surface area contributed by atoms with Crippen molar-refractivity contribution in [3.05, 3.63) is 94.2 Å². The molecule has 0 aliphatic heterocycles. The number of hydrogen-bond acceptors (Lipinski definition) is 4. The van der Waals surface area contributed by atoms with E-state index in [1.165, 1.54) is 0 Å². The van der Waals surface area contributed by atoms with Crippen molar-refractivity contribution in [1.29, 1.82) is 0 Å². The molecule has 5 nitrogen and oxygen atoms in total. The van der Waals surface area contributed by atoms with Gasteiger partial charge in [0.05, 0.1) is 23.7 Å². The number of benzene rings is 2. The van der Waals surface area contributed by atoms with Gasteiger partial charge in [0.25, 0.3) is 5.56 Å². The maximum absolute atomic E-state index is 13.5. The maximum Gasteiger partial charge on any atom is 0.266 e. The van der Waals surface area contributed by atoms with Crippen LogP contribution in [0.15, 0.2) is 71.7 Å². The van der Waals surface area contributed by atoms with Gasteiger partial charge < -0.3 is 4.74 Å². The number of pyridine rings is 1. The molecule has 0 fully saturated rings. The van der Waals surface area contributed by atoms with Gasteiger partial charge in [0, 0.05) is 11.8 Å². The van der Waals surface area contributed by atoms with E-state index in [0.29, 0.717) is 22.6 Å². The van der Waals surface area contributed by atoms with Gasteiger partial charge in [-0.3, -0.25) is 9.36 Å². The number of aromatic nitrogens is 3. The summed E-state index contributed by atoms with van der Waals surface area (Å²) in [4.78, 5) is 22.5. The first kappa shape index (κ1) is 20.5. The second kappa shape index (κ2) is 8.19. The summed E-state index contributed by atoms with van der Waals surface area (Å²) in [5.41, 5.74) is 3.26. The van der Waals surface area contributed by atoms with Gasteiger partial charge in [-0.2, -0.15) is 0 Å². The molecule has 4 rings (SSSR count). The highest BCUT2D eigenvalue weighted by Gasteiger charge is 2.16. The first-order valence-electron chi connectivity index (χ1n) is 10.2. The number of nitrogens with zero attached hydrogens (tertiary/aromatic N) is 3. The minimum absolute atomic E-state index is 0.0387. The normalized spacial score (nSPS) is 11.9. The fraction of sp³-hybridized carbons (Fsp3) is 0.192. The van der Waals surface area contributed by atoms with Crippen molar-refractivity contribution in [2.45, 2.75) is 26.2 Å². The molecule has 2 aromatic carbocycles. The Kier molecular flexibility index (Phi) is 5.42. The summed E-state index contributed by atoms with van der Waals surface area (Å²) in [6.45, 7) is 6.47. The molecule has 156 valence electrons. The standard InChI is InChI=1S/C26H25N3O2/c1-26(2,3)19-10-7-11-20(17-19)29-23(15-14-18-9-8-16-27-24(18)31-4)28-22-13-6-5-12-21(22)25(29)30/h5-17H,1-4H3/b15-14+. The molecular weight excluding hydrogens is 386 g/mol. The Morgan fingerprint density at radius 2 is 1.77 bits per heavy atom. The number of methoxy groups -OCH3 is 1. The van der Waals surface area contributed by atoms with E-state index in [0.717, 1.165) is 16.8 Å². The average Bonchev–Trinajstić information content (AvgIpc) is 2.77. The fourth-order valence-electron chi connectivity index (χ4n) is 3.49. The molecule has 0 N–H and O–H groups in total. The Balaban J connectivity index is 1.95. The van der Waals surface area contributed by atoms with Crippen molar-refractivity contribution in [3.8, 4) is 11.6 Å². The zero-order chi connectivity index (χ0) is 22.0. The van der Waals surface area contributed by atoms with Crippen LogP contribution in [0.3, 0.4) is 0 Å². The third kappa shape index (κ3) is 4.12. The van der Waals surface area contributed by atoms with E-state index in [-0.39, 0.29) is 11.0 Å². The Bertz CT molecular complexity index is 1330. The lowest BCUT2D eigenvalue weighted by Gasteiger charge is -2.20. The van der Waals surface area contributed by atoms with Gasteiger partial charge in [-0.15, -0.1) is 0 Å². The van der Waals surface area contributed by atoms with Gasteiger partial charge in [-0.25, -0.2) is 9.97 Å². The molecule has 0 atom stereocenters. The fourth-order valence-corrected chi connectivity index (χ4v) is 3.49. The van der Waals surface area contributed by atoms with Gasteiger partial charge in [-0.1, -0.05) is 45.0 Å². The lowest BCUT2D eigenvalue weighted by atomic mass is 9.87. The first-order chi connectivity index (χ1) is 14.9. The summed E-state index contributed by atoms with van der Waals surface area (Å²) in [6.07, 6.45) is 5.38. The van der Waals surface area contributed by atoms with Gasteiger partial charge >= 0.3 is 0 Å². The zero-order valence-corrected chi connectivity index (χ0v) is 18.2. The van der Waals surface area contributed by atoms with Crippen molar-refractivity contribution < 1.29 is 4.74 Å². The quantitative estimate of drug-likeness (QED) is 0.460. The van der Waals surface area contributed by atoms with Crippen LogP contribution >= 0.6 is 0 Å². The largest absolute Gasteiger partial charge is 0.481 e. The van der Waals surface area contributed by atoms with Gasteiger partial charge in [0.1, 0.15) is 5.82 Å². The molecule has 4 aromatic rings. The SMILES string of the molecule is COc1ncccc1/C=C/c1nc2ccccc2c(=O)n1-c1cccc(C(C)(C)C)c1. The van der Waals surface area contributed by atoms with E-state index in [1.54, 1.807) is 17.9 Å². The molecular formula is C26H25N3O2. The van der Waals surface area contributed by atoms with Gasteiger partial charge in [-0.05, 0) is 59.5 Å². The monoisotopic (exact) mass is 411 g/mol. The molecule has 0 radical (unpaired) electrons. The van der Waals surface area contributed by atoms with Crippen molar-refractivity contribution >= 4 is 23.1 Å². The van der Waals surface area contributed by atoms with Crippen LogP contribution in [0.2, 0.25) is 0 Å². The van der Waals surface area contributed by atoms with Gasteiger partial charge in [0.15, 0.2) is 0 Å². The Morgan fingerprint density at radius 1 is 0.968 bits per heavy atom. The number of ether oxygens (including phenoxy) is 1. The summed E-state index contributed by atoms with van der Waals surface area (Å²) in [5.74, 6) is 1.06. The molecule has 0 amide bonds. The maximum atomic E-state index is 13.5. The molecule has 0 aliphatic rings. The molecule has 31 heavy (non-hydrogen) atoms. The molecule has 0 spiro atoms. The molecule has 0 unspecified atom stereocenters. The van der Waals surface area contributed by atoms with Crippen LogP contribution in [-0.4, -0.2) is 21.6 Å². The van der Waals surface area contributed by atoms with Crippen LogP contribution in [0.4, 0.5) is 0 Å². The van der Waals surface area contributed by atoms with Crippen LogP contribution < -0.4 is 10.3 Å². The van der Waals surface area contributed by atoms with Crippen LogP contribution in [0, 0.1) is 0 Å². The third-order valence-corrected chi connectivity index (χ3v) is 5.18. The number of hydrogen-bond donors (Lipinski definition) is 0. The summed E-state index contributed by atoms with van der Waals surface area (Å²) in [7, 11) is 1.59. The van der Waals surface area contributed by atoms with Crippen LogP contribution in [0.5, 0.6) is 5.88 Å². The van der Waals surface area contributed by atoms with Crippen LogP contribution in [-0.2, 0) is 5.41 Å². The number of para-hydroxylation sites is 1. The highest BCUT2D eigenvalue weighted by Crippen LogP contribution is 2.25. The average molecular weight is 412 g/mol. The van der Waals surface area contributed by atoms with E-state index in [4.69, 9.17) is 9.72 Å². The third-order valence-electron chi connectivity index (χ3n) is 5.18. The van der Waals surface area contributed by atoms with E-state index in [2.05, 4.69) is 37.9 Å². The first-order valence-corrected chi connectivity index (χ1v) is 10.2. The van der Waals surface area contributed by atoms with E-state index in [9.17, 15) is 4.79 Å². The molecule has 2 aromatic heterocycles. The Hall–Kier alpha value is -3.73. The molecule has 0 saturated heterocycles. The van der Waals surface area contributed by atoms with E-state index < -0.39 is 0 Å². The van der Waals surface area contributed by atoms with Crippen LogP contribution in [0.25, 0.3) is 28.7 Å². The minimum Gasteiger partial charge on any atom is -0.481 e. The molecule has 0 bridgehead atoms. The van der Waals surface area contributed by atoms with E-state index >= 15 is 0 Å². The zero-order valence-electron chi connectivity index (χ0n) is 18.2. The molecule has 0 aliphatic carbocycles. The van der Waals surface area contributed by atoms with Crippen molar-refractivity contribution in [2.75, 3.05) is 7.11 Å². The summed E-state index contributed by atoms with van der Waals surface area (Å²) in [5, 5.41) is 0.583. The van der Waals surface area contributed by atoms with Crippen LogP contribution in [0.1, 0.15) is 37.7 Å². The predicted octanol–water partition coefficient (Wildman–Crippen LogP) is 5.26. The Morgan fingerprint density at radius 3 is 2.55 bits per heavy atom. The Labute approximate surface area is 181 Å². The molecule has 0 saturated carbocycles. The van der Waals surface area contributed by atoms with Crippen molar-refractivity contribution in [2.24, 2.45) is 0 Å². The summed E-state index contributed by atoms with van der Waals surface area (Å²) >= 11 is 0. The minimum atomic E-state index is -0.102. The molecule has 5 heteroatoms. The highest BCUT2D eigenvalue weighted by atomic mass is 16.5. The van der Waals surface area contributed by atoms with E-state index in [1.807, 2.05) is 60.7 Å². The lowest BCUT2D eigenvalue weighted by Crippen LogP contribution is -2.23. The molecule has 2 heterocycles. The smallest absolute Gasteiger partial charge is 0.266 e. The number of rotatable bonds is 4. The summed E-state index contributed by atoms with van der Waals surface area (Å²) in [6, 6.07) is 19.2. The van der Waals surface area contributed by atoms with Crippen molar-refractivity contribution in [3.63, 3.8) is 0 Å². The predicted molar refractivity (Wildman–Crippen MR) is 126 cm³/mol. The topological polar surface area (TPSA) is 57.0 Å². The number of fused-ring (bicyclic) bond motifs is 1. The van der Waals surface area contributed by atoms with Crippen molar-refractivity contribution in [1.82, 2.24) is 14.5 Å². The lowest BCUT2D eigenvalue weighted by molar-refractivity contribution is 0.397. The highest BCUT2D eigenvalue weighted by molar-refractivity contribution is 5.80. The second-order valence-electron chi connectivity index (χ2n) is 8.36. The summed E-state index contributed by atoms with van der Waals surface area (Å²) < 4.78 is 7.01. The second-order valence-corrected chi connectivity index (χ2v) is 8.36. The van der Waals surface area contributed by atoms with Gasteiger partial charge in [0.2, 0.25) is 5.88 Å².